The fraction of sp³-hybridized carbons (Fsp3) is 0.263. The van der Waals surface area contributed by atoms with Gasteiger partial charge in [-0.15, -0.1) is 0 Å². The van der Waals surface area contributed by atoms with Crippen LogP contribution in [0.1, 0.15) is 24.0 Å². The summed E-state index contributed by atoms with van der Waals surface area (Å²) in [6.07, 6.45) is 2.62. The number of nitrogens with zero attached hydrogens (tertiary/aromatic N) is 2. The van der Waals surface area contributed by atoms with Gasteiger partial charge >= 0.3 is 0 Å². The number of carbonyl (C=O) groups is 1. The lowest BCUT2D eigenvalue weighted by atomic mass is 10.0. The van der Waals surface area contributed by atoms with Crippen molar-refractivity contribution in [2.75, 3.05) is 23.3 Å². The molecule has 0 atom stereocenters. The molecule has 0 fully saturated rings. The highest BCUT2D eigenvalue weighted by molar-refractivity contribution is 6.32. The number of hydrogen-bond donors (Lipinski definition) is 1. The Labute approximate surface area is 146 Å². The van der Waals surface area contributed by atoms with Crippen LogP contribution in [0, 0.1) is 11.3 Å². The van der Waals surface area contributed by atoms with Crippen LogP contribution in [0.4, 0.5) is 11.4 Å². The van der Waals surface area contributed by atoms with Gasteiger partial charge in [0.2, 0.25) is 5.91 Å². The molecule has 0 spiro atoms. The van der Waals surface area contributed by atoms with E-state index in [-0.39, 0.29) is 5.91 Å². The van der Waals surface area contributed by atoms with Crippen LogP contribution in [0.15, 0.2) is 42.5 Å². The van der Waals surface area contributed by atoms with Crippen molar-refractivity contribution in [1.29, 1.82) is 5.26 Å². The number of aryl methyl sites for hydroxylation is 1. The third-order valence-corrected chi connectivity index (χ3v) is 4.50. The van der Waals surface area contributed by atoms with Crippen LogP contribution < -0.4 is 10.2 Å². The number of para-hydroxylation sites is 1. The second-order valence-corrected chi connectivity index (χ2v) is 6.23. The van der Waals surface area contributed by atoms with Crippen molar-refractivity contribution in [2.24, 2.45) is 0 Å². The fourth-order valence-corrected chi connectivity index (χ4v) is 3.21. The van der Waals surface area contributed by atoms with E-state index < -0.39 is 0 Å². The van der Waals surface area contributed by atoms with Gasteiger partial charge < -0.3 is 10.2 Å². The molecule has 1 aliphatic heterocycles. The number of halogens is 1. The van der Waals surface area contributed by atoms with Crippen molar-refractivity contribution in [2.45, 2.75) is 19.3 Å². The minimum absolute atomic E-state index is 0.0566. The highest BCUT2D eigenvalue weighted by Gasteiger charge is 2.17. The van der Waals surface area contributed by atoms with Gasteiger partial charge in [0.05, 0.1) is 10.6 Å². The van der Waals surface area contributed by atoms with E-state index in [1.807, 2.05) is 12.1 Å². The predicted octanol–water partition coefficient (Wildman–Crippen LogP) is 3.99. The molecule has 2 aromatic carbocycles. The van der Waals surface area contributed by atoms with Crippen molar-refractivity contribution >= 4 is 28.9 Å². The summed E-state index contributed by atoms with van der Waals surface area (Å²) in [4.78, 5) is 14.5. The van der Waals surface area contributed by atoms with Gasteiger partial charge in [0, 0.05) is 30.9 Å². The van der Waals surface area contributed by atoms with Crippen molar-refractivity contribution < 1.29 is 4.79 Å². The molecular weight excluding hydrogens is 322 g/mol. The summed E-state index contributed by atoms with van der Waals surface area (Å²) in [5.41, 5.74) is 3.60. The highest BCUT2D eigenvalue weighted by Crippen LogP contribution is 2.26. The molecule has 0 saturated carbocycles. The highest BCUT2D eigenvalue weighted by atomic mass is 35.5. The monoisotopic (exact) mass is 339 g/mol. The molecule has 24 heavy (non-hydrogen) atoms. The molecule has 2 aromatic rings. The second-order valence-electron chi connectivity index (χ2n) is 5.82. The summed E-state index contributed by atoms with van der Waals surface area (Å²) in [6.45, 7) is 1.67. The quantitative estimate of drug-likeness (QED) is 0.916. The third-order valence-electron chi connectivity index (χ3n) is 4.19. The van der Waals surface area contributed by atoms with E-state index in [9.17, 15) is 4.79 Å². The lowest BCUT2D eigenvalue weighted by molar-refractivity contribution is -0.116. The lowest BCUT2D eigenvalue weighted by Gasteiger charge is -2.31. The summed E-state index contributed by atoms with van der Waals surface area (Å²) in [7, 11) is 0. The maximum Gasteiger partial charge on any atom is 0.226 e. The van der Waals surface area contributed by atoms with Crippen LogP contribution in [0.2, 0.25) is 5.02 Å². The number of carbonyl (C=O) groups excluding carboxylic acids is 1. The number of rotatable bonds is 4. The van der Waals surface area contributed by atoms with E-state index in [0.29, 0.717) is 29.2 Å². The summed E-state index contributed by atoms with van der Waals surface area (Å²) >= 11 is 5.99. The topological polar surface area (TPSA) is 56.1 Å². The van der Waals surface area contributed by atoms with E-state index in [0.717, 1.165) is 19.4 Å². The van der Waals surface area contributed by atoms with Crippen LogP contribution in [0.25, 0.3) is 0 Å². The maximum absolute atomic E-state index is 12.2. The zero-order chi connectivity index (χ0) is 16.9. The molecule has 0 saturated heterocycles. The van der Waals surface area contributed by atoms with Gasteiger partial charge in [-0.1, -0.05) is 29.8 Å². The minimum Gasteiger partial charge on any atom is -0.371 e. The Balaban J connectivity index is 1.59. The summed E-state index contributed by atoms with van der Waals surface area (Å²) < 4.78 is 0. The summed E-state index contributed by atoms with van der Waals surface area (Å²) in [5.74, 6) is -0.0566. The van der Waals surface area contributed by atoms with E-state index in [1.165, 1.54) is 11.3 Å². The Morgan fingerprint density at radius 1 is 1.29 bits per heavy atom. The van der Waals surface area contributed by atoms with Crippen molar-refractivity contribution in [1.82, 2.24) is 0 Å². The fourth-order valence-electron chi connectivity index (χ4n) is 2.99. The first-order valence-corrected chi connectivity index (χ1v) is 8.37. The largest absolute Gasteiger partial charge is 0.371 e. The molecule has 5 heteroatoms. The Hall–Kier alpha value is -2.51. The molecule has 1 heterocycles. The average Bonchev–Trinajstić information content (AvgIpc) is 2.60. The molecule has 1 aliphatic rings. The molecule has 0 aromatic heterocycles. The van der Waals surface area contributed by atoms with Crippen LogP contribution in [-0.4, -0.2) is 19.0 Å². The van der Waals surface area contributed by atoms with Gasteiger partial charge in [0.1, 0.15) is 6.07 Å². The molecule has 0 bridgehead atoms. The second kappa shape index (κ2) is 7.37. The molecule has 0 radical (unpaired) electrons. The zero-order valence-corrected chi connectivity index (χ0v) is 14.0. The minimum atomic E-state index is -0.0566. The Kier molecular flexibility index (Phi) is 5.02. The van der Waals surface area contributed by atoms with Crippen LogP contribution >= 0.6 is 11.6 Å². The van der Waals surface area contributed by atoms with E-state index >= 15 is 0 Å². The summed E-state index contributed by atoms with van der Waals surface area (Å²) in [6, 6.07) is 15.3. The molecule has 0 aliphatic carbocycles. The van der Waals surface area contributed by atoms with E-state index in [1.54, 1.807) is 18.2 Å². The van der Waals surface area contributed by atoms with Gasteiger partial charge in [-0.2, -0.15) is 5.26 Å². The molecule has 4 nitrogen and oxygen atoms in total. The van der Waals surface area contributed by atoms with E-state index in [2.05, 4.69) is 28.4 Å². The average molecular weight is 340 g/mol. The number of nitriles is 1. The Morgan fingerprint density at radius 3 is 2.92 bits per heavy atom. The first-order chi connectivity index (χ1) is 11.7. The van der Waals surface area contributed by atoms with Crippen molar-refractivity contribution in [3.63, 3.8) is 0 Å². The smallest absolute Gasteiger partial charge is 0.226 e. The number of amides is 1. The van der Waals surface area contributed by atoms with Gasteiger partial charge in [-0.3, -0.25) is 4.79 Å². The molecule has 3 rings (SSSR count). The number of anilines is 2. The van der Waals surface area contributed by atoms with Crippen LogP contribution in [0.5, 0.6) is 0 Å². The first kappa shape index (κ1) is 16.4. The zero-order valence-electron chi connectivity index (χ0n) is 13.3. The van der Waals surface area contributed by atoms with Crippen molar-refractivity contribution in [3.05, 3.63) is 58.6 Å². The number of nitrogens with one attached hydrogen (secondary N) is 1. The molecular formula is C19H18ClN3O. The van der Waals surface area contributed by atoms with Gasteiger partial charge in [0.25, 0.3) is 0 Å². The molecule has 1 amide bonds. The maximum atomic E-state index is 12.2. The van der Waals surface area contributed by atoms with Gasteiger partial charge in [-0.25, -0.2) is 0 Å². The van der Waals surface area contributed by atoms with Crippen molar-refractivity contribution in [3.8, 4) is 6.07 Å². The van der Waals surface area contributed by atoms with Crippen LogP contribution in [0.3, 0.4) is 0 Å². The first-order valence-electron chi connectivity index (χ1n) is 8.00. The number of benzene rings is 2. The summed E-state index contributed by atoms with van der Waals surface area (Å²) in [5, 5.41) is 12.1. The predicted molar refractivity (Wildman–Crippen MR) is 96.4 cm³/mol. The lowest BCUT2D eigenvalue weighted by Crippen LogP contribution is -2.32. The molecule has 0 unspecified atom stereocenters. The normalized spacial score (nSPS) is 13.1. The van der Waals surface area contributed by atoms with Gasteiger partial charge in [0.15, 0.2) is 0 Å². The molecule has 122 valence electrons. The Bertz CT molecular complexity index is 797. The van der Waals surface area contributed by atoms with Crippen LogP contribution in [-0.2, 0) is 11.2 Å². The molecule has 1 N–H and O–H groups in total. The van der Waals surface area contributed by atoms with Gasteiger partial charge in [-0.05, 0) is 42.7 Å². The number of hydrogen-bond acceptors (Lipinski definition) is 3. The SMILES string of the molecule is N#Cc1ccc(NC(=O)CCN2CCCc3ccccc32)cc1Cl. The number of fused-ring (bicyclic) bond motifs is 1. The third kappa shape index (κ3) is 3.69. The van der Waals surface area contributed by atoms with E-state index in [4.69, 9.17) is 16.9 Å². The standard InChI is InChI=1S/C19H18ClN3O/c20-17-12-16(8-7-15(17)13-21)22-19(24)9-11-23-10-3-5-14-4-1-2-6-18(14)23/h1-2,4,6-8,12H,3,5,9-11H2,(H,22,24). The Morgan fingerprint density at radius 2 is 2.12 bits per heavy atom.